The normalized spacial score (nSPS) is 18.6. The molecule has 0 spiro atoms. The Morgan fingerprint density at radius 1 is 1.11 bits per heavy atom. The molecule has 106 valence electrons. The molecule has 0 bridgehead atoms. The quantitative estimate of drug-likeness (QED) is 0.687. The predicted molar refractivity (Wildman–Crippen MR) is 78.1 cm³/mol. The van der Waals surface area contributed by atoms with Gasteiger partial charge in [0, 0.05) is 24.3 Å². The Balaban J connectivity index is 2.21. The van der Waals surface area contributed by atoms with Crippen molar-refractivity contribution in [3.05, 3.63) is 17.7 Å². The van der Waals surface area contributed by atoms with E-state index in [0.29, 0.717) is 43.0 Å². The largest absolute Gasteiger partial charge is 0.398 e. The Kier molecular flexibility index (Phi) is 3.60. The van der Waals surface area contributed by atoms with Crippen molar-refractivity contribution in [3.63, 3.8) is 0 Å². The van der Waals surface area contributed by atoms with Gasteiger partial charge in [0.1, 0.15) is 0 Å². The van der Waals surface area contributed by atoms with E-state index < -0.39 is 10.0 Å². The first-order chi connectivity index (χ1) is 8.80. The van der Waals surface area contributed by atoms with E-state index in [-0.39, 0.29) is 5.92 Å². The van der Waals surface area contributed by atoms with E-state index in [4.69, 9.17) is 17.2 Å². The minimum absolute atomic E-state index is 0.168. The fourth-order valence-electron chi connectivity index (χ4n) is 2.60. The second-order valence-electron chi connectivity index (χ2n) is 5.01. The number of piperidine rings is 1. The summed E-state index contributed by atoms with van der Waals surface area (Å²) in [7, 11) is -3.11. The molecule has 0 atom stereocenters. The Bertz CT molecular complexity index is 578. The molecule has 0 unspecified atom stereocenters. The summed E-state index contributed by atoms with van der Waals surface area (Å²) >= 11 is 0. The number of rotatable bonds is 2. The number of benzene rings is 1. The van der Waals surface area contributed by atoms with Gasteiger partial charge in [-0.2, -0.15) is 0 Å². The van der Waals surface area contributed by atoms with Gasteiger partial charge in [0.25, 0.3) is 0 Å². The topological polar surface area (TPSA) is 115 Å². The zero-order chi connectivity index (χ0) is 14.2. The highest BCUT2D eigenvalue weighted by Crippen LogP contribution is 2.38. The molecular formula is C12H20N4O2S. The summed E-state index contributed by atoms with van der Waals surface area (Å²) in [5.74, 6) is 0.168. The Morgan fingerprint density at radius 3 is 2.16 bits per heavy atom. The van der Waals surface area contributed by atoms with Gasteiger partial charge in [-0.3, -0.25) is 0 Å². The second-order valence-corrected chi connectivity index (χ2v) is 6.99. The van der Waals surface area contributed by atoms with E-state index in [1.807, 2.05) is 0 Å². The van der Waals surface area contributed by atoms with E-state index in [0.717, 1.165) is 5.56 Å². The Labute approximate surface area is 113 Å². The number of nitrogens with two attached hydrogens (primary N) is 3. The Morgan fingerprint density at radius 2 is 1.63 bits per heavy atom. The third-order valence-electron chi connectivity index (χ3n) is 3.69. The molecule has 1 aliphatic heterocycles. The minimum Gasteiger partial charge on any atom is -0.398 e. The van der Waals surface area contributed by atoms with Crippen molar-refractivity contribution in [2.24, 2.45) is 0 Å². The van der Waals surface area contributed by atoms with Gasteiger partial charge < -0.3 is 17.2 Å². The van der Waals surface area contributed by atoms with Crippen LogP contribution in [-0.2, 0) is 10.0 Å². The summed E-state index contributed by atoms with van der Waals surface area (Å²) in [6, 6.07) is 3.45. The smallest absolute Gasteiger partial charge is 0.211 e. The van der Waals surface area contributed by atoms with Gasteiger partial charge in [0.05, 0.1) is 17.6 Å². The number of hydrogen-bond acceptors (Lipinski definition) is 5. The van der Waals surface area contributed by atoms with Gasteiger partial charge in [0.2, 0.25) is 10.0 Å². The van der Waals surface area contributed by atoms with Gasteiger partial charge in [-0.1, -0.05) is 0 Å². The summed E-state index contributed by atoms with van der Waals surface area (Å²) in [5.41, 5.74) is 20.3. The van der Waals surface area contributed by atoms with Crippen molar-refractivity contribution < 1.29 is 8.42 Å². The van der Waals surface area contributed by atoms with Gasteiger partial charge in [-0.05, 0) is 30.9 Å². The molecule has 1 aromatic carbocycles. The summed E-state index contributed by atoms with van der Waals surface area (Å²) in [6.45, 7) is 0.994. The van der Waals surface area contributed by atoms with Crippen LogP contribution in [-0.4, -0.2) is 32.1 Å². The van der Waals surface area contributed by atoms with E-state index >= 15 is 0 Å². The zero-order valence-corrected chi connectivity index (χ0v) is 11.8. The van der Waals surface area contributed by atoms with Crippen LogP contribution in [0.1, 0.15) is 24.3 Å². The molecule has 1 aliphatic rings. The number of nitrogens with zero attached hydrogens (tertiary/aromatic N) is 1. The summed E-state index contributed by atoms with van der Waals surface area (Å²) in [6.07, 6.45) is 2.66. The third-order valence-corrected chi connectivity index (χ3v) is 4.99. The maximum atomic E-state index is 11.5. The molecule has 1 saturated heterocycles. The van der Waals surface area contributed by atoms with Crippen molar-refractivity contribution in [2.75, 3.05) is 36.5 Å². The van der Waals surface area contributed by atoms with E-state index in [2.05, 4.69) is 0 Å². The second kappa shape index (κ2) is 4.90. The number of hydrogen-bond donors (Lipinski definition) is 3. The van der Waals surface area contributed by atoms with Crippen molar-refractivity contribution in [1.29, 1.82) is 0 Å². The zero-order valence-electron chi connectivity index (χ0n) is 11.0. The highest BCUT2D eigenvalue weighted by Gasteiger charge is 2.28. The Hall–Kier alpha value is -1.47. The van der Waals surface area contributed by atoms with Crippen molar-refractivity contribution in [1.82, 2.24) is 4.31 Å². The van der Waals surface area contributed by atoms with Crippen LogP contribution in [0.25, 0.3) is 0 Å². The lowest BCUT2D eigenvalue weighted by Gasteiger charge is -2.31. The molecule has 1 aromatic rings. The van der Waals surface area contributed by atoms with Gasteiger partial charge in [-0.15, -0.1) is 0 Å². The van der Waals surface area contributed by atoms with Crippen LogP contribution >= 0.6 is 0 Å². The molecule has 2 rings (SSSR count). The molecule has 6 N–H and O–H groups in total. The minimum atomic E-state index is -3.11. The average molecular weight is 284 g/mol. The van der Waals surface area contributed by atoms with Crippen LogP contribution in [0.15, 0.2) is 12.1 Å². The highest BCUT2D eigenvalue weighted by molar-refractivity contribution is 7.88. The van der Waals surface area contributed by atoms with Gasteiger partial charge in [-0.25, -0.2) is 12.7 Å². The highest BCUT2D eigenvalue weighted by atomic mass is 32.2. The van der Waals surface area contributed by atoms with Crippen LogP contribution in [0, 0.1) is 0 Å². The maximum Gasteiger partial charge on any atom is 0.211 e. The molecule has 1 heterocycles. The lowest BCUT2D eigenvalue weighted by atomic mass is 9.87. The first kappa shape index (κ1) is 14.0. The average Bonchev–Trinajstić information content (AvgIpc) is 2.34. The molecule has 7 heteroatoms. The van der Waals surface area contributed by atoms with Crippen LogP contribution in [0.3, 0.4) is 0 Å². The van der Waals surface area contributed by atoms with Gasteiger partial charge in [0.15, 0.2) is 0 Å². The molecule has 0 aliphatic carbocycles. The molecule has 0 saturated carbocycles. The van der Waals surface area contributed by atoms with Crippen molar-refractivity contribution in [3.8, 4) is 0 Å². The van der Waals surface area contributed by atoms with Crippen LogP contribution in [0.4, 0.5) is 17.1 Å². The lowest BCUT2D eigenvalue weighted by molar-refractivity contribution is 0.322. The summed E-state index contributed by atoms with van der Waals surface area (Å²) < 4.78 is 24.4. The molecule has 0 radical (unpaired) electrons. The molecule has 1 fully saturated rings. The number of anilines is 3. The third kappa shape index (κ3) is 2.76. The molecular weight excluding hydrogens is 264 g/mol. The standard InChI is InChI=1S/C12H20N4O2S/c1-19(17,18)16-6-4-8(5-7-16)11-9(13)2-3-10(14)12(11)15/h2-3,8H,4-7,13-15H2,1H3. The SMILES string of the molecule is CS(=O)(=O)N1CCC(c2c(N)ccc(N)c2N)CC1. The maximum absolute atomic E-state index is 11.5. The van der Waals surface area contributed by atoms with Crippen molar-refractivity contribution in [2.45, 2.75) is 18.8 Å². The van der Waals surface area contributed by atoms with Crippen LogP contribution in [0.2, 0.25) is 0 Å². The van der Waals surface area contributed by atoms with E-state index in [1.165, 1.54) is 10.6 Å². The first-order valence-electron chi connectivity index (χ1n) is 6.19. The summed E-state index contributed by atoms with van der Waals surface area (Å²) in [5, 5.41) is 0. The van der Waals surface area contributed by atoms with Crippen LogP contribution < -0.4 is 17.2 Å². The molecule has 19 heavy (non-hydrogen) atoms. The number of nitrogen functional groups attached to an aromatic ring is 3. The van der Waals surface area contributed by atoms with E-state index in [9.17, 15) is 8.42 Å². The lowest BCUT2D eigenvalue weighted by Crippen LogP contribution is -2.37. The van der Waals surface area contributed by atoms with Gasteiger partial charge >= 0.3 is 0 Å². The van der Waals surface area contributed by atoms with E-state index in [1.54, 1.807) is 12.1 Å². The fraction of sp³-hybridized carbons (Fsp3) is 0.500. The molecule has 0 amide bonds. The van der Waals surface area contributed by atoms with Crippen LogP contribution in [0.5, 0.6) is 0 Å². The number of sulfonamides is 1. The van der Waals surface area contributed by atoms with Crippen molar-refractivity contribution >= 4 is 27.1 Å². The fourth-order valence-corrected chi connectivity index (χ4v) is 3.48. The first-order valence-corrected chi connectivity index (χ1v) is 8.04. The molecule has 6 nitrogen and oxygen atoms in total. The predicted octanol–water partition coefficient (Wildman–Crippen LogP) is 0.572. The monoisotopic (exact) mass is 284 g/mol. The summed E-state index contributed by atoms with van der Waals surface area (Å²) in [4.78, 5) is 0. The molecule has 0 aromatic heterocycles.